The Labute approximate surface area is 169 Å². The molecule has 0 atom stereocenters. The molecule has 5 aromatic rings. The molecule has 1 aliphatic rings. The van der Waals surface area contributed by atoms with Crippen LogP contribution >= 0.6 is 0 Å². The molecule has 1 aromatic heterocycles. The number of aromatic nitrogens is 1. The number of para-hydroxylation sites is 2. The van der Waals surface area contributed by atoms with Crippen LogP contribution in [-0.4, -0.2) is 9.67 Å². The Morgan fingerprint density at radius 1 is 0.759 bits per heavy atom. The topological polar surface area (TPSA) is 25.2 Å². The van der Waals surface area contributed by atoms with Crippen LogP contribution in [0.2, 0.25) is 0 Å². The lowest BCUT2D eigenvalue weighted by molar-refractivity contribution is 0.479. The van der Waals surface area contributed by atoms with Crippen molar-refractivity contribution >= 4 is 21.8 Å². The minimum absolute atomic E-state index is 0.157. The molecule has 29 heavy (non-hydrogen) atoms. The van der Waals surface area contributed by atoms with Crippen molar-refractivity contribution in [1.82, 2.24) is 4.57 Å². The van der Waals surface area contributed by atoms with Crippen LogP contribution in [0.4, 0.5) is 0 Å². The maximum Gasteiger partial charge on any atom is 0.125 e. The smallest absolute Gasteiger partial charge is 0.125 e. The molecule has 0 saturated heterocycles. The second kappa shape index (κ2) is 5.51. The van der Waals surface area contributed by atoms with Crippen molar-refractivity contribution in [2.45, 2.75) is 19.3 Å². The van der Waals surface area contributed by atoms with Gasteiger partial charge in [-0.25, -0.2) is 0 Å². The molecule has 1 N–H and O–H groups in total. The van der Waals surface area contributed by atoms with Crippen LogP contribution < -0.4 is 0 Å². The highest BCUT2D eigenvalue weighted by Gasteiger charge is 2.38. The summed E-state index contributed by atoms with van der Waals surface area (Å²) in [5.41, 5.74) is 8.14. The molecule has 2 heteroatoms. The van der Waals surface area contributed by atoms with Crippen molar-refractivity contribution in [3.05, 3.63) is 96.1 Å². The van der Waals surface area contributed by atoms with Crippen LogP contribution in [0, 0.1) is 0 Å². The van der Waals surface area contributed by atoms with E-state index in [1.54, 1.807) is 0 Å². The lowest BCUT2D eigenvalue weighted by Crippen LogP contribution is -2.14. The Kier molecular flexibility index (Phi) is 3.12. The summed E-state index contributed by atoms with van der Waals surface area (Å²) in [5, 5.41) is 13.2. The summed E-state index contributed by atoms with van der Waals surface area (Å²) >= 11 is 0. The largest absolute Gasteiger partial charge is 0.507 e. The first kappa shape index (κ1) is 16.4. The quantitative estimate of drug-likeness (QED) is 0.343. The van der Waals surface area contributed by atoms with Gasteiger partial charge in [0, 0.05) is 22.1 Å². The fourth-order valence-corrected chi connectivity index (χ4v) is 5.15. The van der Waals surface area contributed by atoms with Crippen LogP contribution in [0.15, 0.2) is 84.9 Å². The molecule has 0 amide bonds. The number of phenols is 1. The molecular formula is C27H21NO. The molecule has 4 aromatic carbocycles. The number of rotatable bonds is 1. The second-order valence-electron chi connectivity index (χ2n) is 8.40. The standard InChI is InChI=1S/C27H21NO/c1-27(2)20-14-8-6-12-18(20)24-21(27)16-23(29)25-19-13-7-9-15-22(19)28(26(24)25)17-10-4-3-5-11-17/h3-16,29H,1-2H3. The molecule has 0 spiro atoms. The van der Waals surface area contributed by atoms with Gasteiger partial charge >= 0.3 is 0 Å². The highest BCUT2D eigenvalue weighted by atomic mass is 16.3. The van der Waals surface area contributed by atoms with Crippen LogP contribution in [-0.2, 0) is 5.41 Å². The van der Waals surface area contributed by atoms with Crippen molar-refractivity contribution < 1.29 is 5.11 Å². The van der Waals surface area contributed by atoms with E-state index in [1.165, 1.54) is 22.3 Å². The van der Waals surface area contributed by atoms with E-state index in [9.17, 15) is 5.11 Å². The fraction of sp³-hybridized carbons (Fsp3) is 0.111. The number of benzene rings is 4. The van der Waals surface area contributed by atoms with Gasteiger partial charge in [-0.05, 0) is 41.0 Å². The number of hydrogen-bond donors (Lipinski definition) is 1. The Hall–Kier alpha value is -3.52. The fourth-order valence-electron chi connectivity index (χ4n) is 5.15. The molecule has 6 rings (SSSR count). The van der Waals surface area contributed by atoms with Crippen molar-refractivity contribution in [2.75, 3.05) is 0 Å². The van der Waals surface area contributed by atoms with Crippen LogP contribution in [0.5, 0.6) is 5.75 Å². The Balaban J connectivity index is 1.92. The van der Waals surface area contributed by atoms with Gasteiger partial charge in [0.25, 0.3) is 0 Å². The van der Waals surface area contributed by atoms with Crippen molar-refractivity contribution in [1.29, 1.82) is 0 Å². The maximum atomic E-state index is 11.2. The normalized spacial score (nSPS) is 14.3. The number of nitrogens with zero attached hydrogens (tertiary/aromatic N) is 1. The zero-order chi connectivity index (χ0) is 19.8. The third-order valence-corrected chi connectivity index (χ3v) is 6.48. The third-order valence-electron chi connectivity index (χ3n) is 6.48. The van der Waals surface area contributed by atoms with E-state index in [1.807, 2.05) is 18.2 Å². The molecule has 0 aliphatic heterocycles. The van der Waals surface area contributed by atoms with E-state index in [-0.39, 0.29) is 5.41 Å². The monoisotopic (exact) mass is 375 g/mol. The van der Waals surface area contributed by atoms with Gasteiger partial charge in [-0.15, -0.1) is 0 Å². The van der Waals surface area contributed by atoms with E-state index in [0.29, 0.717) is 5.75 Å². The molecule has 0 saturated carbocycles. The average Bonchev–Trinajstić information content (AvgIpc) is 3.20. The SMILES string of the molecule is CC1(C)c2ccccc2-c2c1cc(O)c1c3ccccc3n(-c3ccccc3)c21. The summed E-state index contributed by atoms with van der Waals surface area (Å²) in [6.07, 6.45) is 0. The predicted molar refractivity (Wildman–Crippen MR) is 120 cm³/mol. The molecule has 1 heterocycles. The molecule has 2 nitrogen and oxygen atoms in total. The molecule has 0 radical (unpaired) electrons. The van der Waals surface area contributed by atoms with Gasteiger partial charge in [-0.2, -0.15) is 0 Å². The van der Waals surface area contributed by atoms with Crippen LogP contribution in [0.1, 0.15) is 25.0 Å². The number of hydrogen-bond acceptors (Lipinski definition) is 1. The van der Waals surface area contributed by atoms with Crippen molar-refractivity contribution in [3.63, 3.8) is 0 Å². The Morgan fingerprint density at radius 3 is 2.28 bits per heavy atom. The van der Waals surface area contributed by atoms with Crippen molar-refractivity contribution in [2.24, 2.45) is 0 Å². The minimum Gasteiger partial charge on any atom is -0.507 e. The van der Waals surface area contributed by atoms with Gasteiger partial charge in [0.05, 0.1) is 16.4 Å². The van der Waals surface area contributed by atoms with E-state index in [4.69, 9.17) is 0 Å². The zero-order valence-corrected chi connectivity index (χ0v) is 16.5. The van der Waals surface area contributed by atoms with Crippen molar-refractivity contribution in [3.8, 4) is 22.6 Å². The average molecular weight is 375 g/mol. The summed E-state index contributed by atoms with van der Waals surface area (Å²) in [6, 6.07) is 29.4. The van der Waals surface area contributed by atoms with Gasteiger partial charge < -0.3 is 9.67 Å². The molecule has 0 unspecified atom stereocenters. The van der Waals surface area contributed by atoms with E-state index < -0.39 is 0 Å². The molecule has 140 valence electrons. The summed E-state index contributed by atoms with van der Waals surface area (Å²) in [5.74, 6) is 0.352. The van der Waals surface area contributed by atoms with Crippen LogP contribution in [0.25, 0.3) is 38.6 Å². The third kappa shape index (κ3) is 2.01. The highest BCUT2D eigenvalue weighted by molar-refractivity contribution is 6.18. The minimum atomic E-state index is -0.157. The highest BCUT2D eigenvalue weighted by Crippen LogP contribution is 2.54. The molecule has 0 fully saturated rings. The molecule has 0 bridgehead atoms. The summed E-state index contributed by atoms with van der Waals surface area (Å²) < 4.78 is 2.31. The first-order chi connectivity index (χ1) is 14.1. The number of phenolic OH excluding ortho intramolecular Hbond substituents is 1. The first-order valence-electron chi connectivity index (χ1n) is 10.0. The molecule has 1 aliphatic carbocycles. The number of fused-ring (bicyclic) bond motifs is 7. The lowest BCUT2D eigenvalue weighted by atomic mass is 9.82. The summed E-state index contributed by atoms with van der Waals surface area (Å²) in [7, 11) is 0. The van der Waals surface area contributed by atoms with E-state index >= 15 is 0 Å². The van der Waals surface area contributed by atoms with Gasteiger partial charge in [0.15, 0.2) is 0 Å². The lowest BCUT2D eigenvalue weighted by Gasteiger charge is -2.21. The first-order valence-corrected chi connectivity index (χ1v) is 10.0. The predicted octanol–water partition coefficient (Wildman–Crippen LogP) is 6.80. The Morgan fingerprint density at radius 2 is 1.45 bits per heavy atom. The van der Waals surface area contributed by atoms with Gasteiger partial charge in [-0.1, -0.05) is 74.5 Å². The second-order valence-corrected chi connectivity index (χ2v) is 8.40. The van der Waals surface area contributed by atoms with Gasteiger partial charge in [0.1, 0.15) is 5.75 Å². The zero-order valence-electron chi connectivity index (χ0n) is 16.5. The van der Waals surface area contributed by atoms with Gasteiger partial charge in [-0.3, -0.25) is 0 Å². The maximum absolute atomic E-state index is 11.2. The van der Waals surface area contributed by atoms with E-state index in [2.05, 4.69) is 85.1 Å². The number of aromatic hydroxyl groups is 1. The summed E-state index contributed by atoms with van der Waals surface area (Å²) in [6.45, 7) is 4.50. The Bertz CT molecular complexity index is 1420. The molecular weight excluding hydrogens is 354 g/mol. The van der Waals surface area contributed by atoms with Crippen LogP contribution in [0.3, 0.4) is 0 Å². The van der Waals surface area contributed by atoms with Gasteiger partial charge in [0.2, 0.25) is 0 Å². The summed E-state index contributed by atoms with van der Waals surface area (Å²) in [4.78, 5) is 0. The van der Waals surface area contributed by atoms with E-state index in [0.717, 1.165) is 27.5 Å².